The van der Waals surface area contributed by atoms with Crippen LogP contribution in [0.2, 0.25) is 0 Å². The van der Waals surface area contributed by atoms with Gasteiger partial charge in [0.15, 0.2) is 0 Å². The first kappa shape index (κ1) is 11.9. The highest BCUT2D eigenvalue weighted by Crippen LogP contribution is 2.21. The molecule has 1 N–H and O–H groups in total. The van der Waals surface area contributed by atoms with Crippen molar-refractivity contribution in [3.05, 3.63) is 36.3 Å². The third-order valence-corrected chi connectivity index (χ3v) is 4.02. The molecule has 15 heavy (non-hydrogen) atoms. The highest BCUT2D eigenvalue weighted by atomic mass is 32.2. The molecule has 0 aliphatic heterocycles. The Labute approximate surface area is 87.7 Å². The van der Waals surface area contributed by atoms with Gasteiger partial charge in [-0.25, -0.2) is 8.42 Å². The van der Waals surface area contributed by atoms with Gasteiger partial charge in [0.05, 0.1) is 4.90 Å². The molecule has 0 atom stereocenters. The third-order valence-electron chi connectivity index (χ3n) is 1.59. The lowest BCUT2D eigenvalue weighted by molar-refractivity contribution is 0.480. The average molecular weight is 247 g/mol. The van der Waals surface area contributed by atoms with E-state index in [1.54, 1.807) is 0 Å². The molecule has 0 unspecified atom stereocenters. The van der Waals surface area contributed by atoms with E-state index in [0.717, 1.165) is 12.1 Å². The molecule has 0 amide bonds. The molecule has 1 aromatic rings. The first-order chi connectivity index (χ1) is 6.79. The molecule has 5 nitrogen and oxygen atoms in total. The van der Waals surface area contributed by atoms with Crippen LogP contribution in [-0.4, -0.2) is 21.4 Å². The average Bonchev–Trinajstić information content (AvgIpc) is 2.16. The Balaban J connectivity index is 3.66. The van der Waals surface area contributed by atoms with Gasteiger partial charge in [0.1, 0.15) is 4.90 Å². The number of hydrogen-bond acceptors (Lipinski definition) is 4. The fourth-order valence-corrected chi connectivity index (χ4v) is 2.91. The largest absolute Gasteiger partial charge is 0.295 e. The zero-order chi connectivity index (χ0) is 11.7. The molecule has 0 bridgehead atoms. The van der Waals surface area contributed by atoms with Crippen molar-refractivity contribution < 1.29 is 21.4 Å². The second-order valence-corrected chi connectivity index (χ2v) is 5.81. The molecular weight excluding hydrogens is 240 g/mol. The molecule has 1 aromatic carbocycles. The van der Waals surface area contributed by atoms with Crippen molar-refractivity contribution in [3.8, 4) is 0 Å². The summed E-state index contributed by atoms with van der Waals surface area (Å²) >= 11 is 0. The van der Waals surface area contributed by atoms with Crippen LogP contribution in [0.15, 0.2) is 40.0 Å². The normalized spacial score (nSPS) is 12.3. The van der Waals surface area contributed by atoms with Crippen molar-refractivity contribution in [2.45, 2.75) is 9.79 Å². The van der Waals surface area contributed by atoms with Crippen LogP contribution in [-0.2, 0) is 20.0 Å². The summed E-state index contributed by atoms with van der Waals surface area (Å²) in [5.41, 5.74) is 0. The van der Waals surface area contributed by atoms with Crippen molar-refractivity contribution in [2.24, 2.45) is 0 Å². The van der Waals surface area contributed by atoms with Gasteiger partial charge in [0.2, 0.25) is 9.84 Å². The smallest absolute Gasteiger partial charge is 0.282 e. The minimum absolute atomic E-state index is 0.515. The molecular formula is C8H7O5S2. The highest BCUT2D eigenvalue weighted by Gasteiger charge is 2.22. The van der Waals surface area contributed by atoms with E-state index in [2.05, 4.69) is 12.6 Å². The molecule has 0 aliphatic rings. The van der Waals surface area contributed by atoms with E-state index in [-0.39, 0.29) is 0 Å². The van der Waals surface area contributed by atoms with Gasteiger partial charge in [0, 0.05) is 5.41 Å². The second kappa shape index (κ2) is 3.76. The molecule has 7 heteroatoms. The van der Waals surface area contributed by atoms with Crippen molar-refractivity contribution in [3.63, 3.8) is 0 Å². The van der Waals surface area contributed by atoms with E-state index in [1.165, 1.54) is 6.07 Å². The van der Waals surface area contributed by atoms with Crippen LogP contribution in [0.3, 0.4) is 0 Å². The van der Waals surface area contributed by atoms with E-state index in [0.29, 0.717) is 5.41 Å². The number of hydrogen-bond donors (Lipinski definition) is 1. The van der Waals surface area contributed by atoms with E-state index in [4.69, 9.17) is 4.55 Å². The quantitative estimate of drug-likeness (QED) is 0.792. The van der Waals surface area contributed by atoms with Gasteiger partial charge in [-0.3, -0.25) is 4.55 Å². The maximum absolute atomic E-state index is 11.4. The number of sulfone groups is 1. The summed E-state index contributed by atoms with van der Waals surface area (Å²) in [6.45, 7) is 3.06. The van der Waals surface area contributed by atoms with Gasteiger partial charge in [-0.1, -0.05) is 12.6 Å². The second-order valence-electron chi connectivity index (χ2n) is 2.56. The summed E-state index contributed by atoms with van der Waals surface area (Å²) in [4.78, 5) is -1.22. The Morgan fingerprint density at radius 1 is 1.27 bits per heavy atom. The maximum Gasteiger partial charge on any atom is 0.295 e. The summed E-state index contributed by atoms with van der Waals surface area (Å²) < 4.78 is 53.2. The van der Waals surface area contributed by atoms with Gasteiger partial charge >= 0.3 is 0 Å². The van der Waals surface area contributed by atoms with Crippen LogP contribution in [0.4, 0.5) is 0 Å². The summed E-state index contributed by atoms with van der Waals surface area (Å²) in [5.74, 6) is 0. The summed E-state index contributed by atoms with van der Waals surface area (Å²) in [7, 11) is -8.49. The van der Waals surface area contributed by atoms with Gasteiger partial charge in [-0.2, -0.15) is 8.42 Å². The lowest BCUT2D eigenvalue weighted by Gasteiger charge is -2.03. The third kappa shape index (κ3) is 2.44. The van der Waals surface area contributed by atoms with Crippen LogP contribution in [0.1, 0.15) is 0 Å². The van der Waals surface area contributed by atoms with Crippen LogP contribution >= 0.6 is 0 Å². The predicted molar refractivity (Wildman–Crippen MR) is 52.5 cm³/mol. The van der Waals surface area contributed by atoms with E-state index < -0.39 is 29.7 Å². The van der Waals surface area contributed by atoms with Gasteiger partial charge < -0.3 is 0 Å². The fraction of sp³-hybridized carbons (Fsp3) is 0. The maximum atomic E-state index is 11.4. The minimum atomic E-state index is -4.58. The van der Waals surface area contributed by atoms with Crippen LogP contribution in [0, 0.1) is 6.07 Å². The SMILES string of the molecule is C=CS(=O)(=O)c1cc[c]cc1S(=O)(=O)O. The molecule has 0 saturated heterocycles. The van der Waals surface area contributed by atoms with E-state index >= 15 is 0 Å². The Kier molecular flexibility index (Phi) is 2.98. The summed E-state index contributed by atoms with van der Waals surface area (Å²) in [6.07, 6.45) is 0. The molecule has 0 aromatic heterocycles. The first-order valence-corrected chi connectivity index (χ1v) is 6.63. The molecule has 81 valence electrons. The van der Waals surface area contributed by atoms with Gasteiger partial charge in [0.25, 0.3) is 10.1 Å². The van der Waals surface area contributed by atoms with E-state index in [1.807, 2.05) is 0 Å². The van der Waals surface area contributed by atoms with Crippen LogP contribution in [0.5, 0.6) is 0 Å². The van der Waals surface area contributed by atoms with Crippen molar-refractivity contribution in [1.82, 2.24) is 0 Å². The number of rotatable bonds is 3. The number of benzene rings is 1. The van der Waals surface area contributed by atoms with Crippen molar-refractivity contribution in [2.75, 3.05) is 0 Å². The molecule has 1 rings (SSSR count). The predicted octanol–water partition coefficient (Wildman–Crippen LogP) is 0.651. The molecule has 0 heterocycles. The fourth-order valence-electron chi connectivity index (χ4n) is 0.927. The van der Waals surface area contributed by atoms with E-state index in [9.17, 15) is 16.8 Å². The van der Waals surface area contributed by atoms with Crippen LogP contribution in [0.25, 0.3) is 0 Å². The molecule has 1 radical (unpaired) electrons. The Hall–Kier alpha value is -1.18. The van der Waals surface area contributed by atoms with Crippen LogP contribution < -0.4 is 0 Å². The molecule has 0 aliphatic carbocycles. The minimum Gasteiger partial charge on any atom is -0.282 e. The molecule has 0 spiro atoms. The zero-order valence-electron chi connectivity index (χ0n) is 7.41. The molecule has 0 saturated carbocycles. The standard InChI is InChI=1S/C8H7O5S2/c1-2-14(9,10)7-5-3-4-6-8(7)15(11,12)13/h2-3,5-6H,1H2,(H,11,12,13). The topological polar surface area (TPSA) is 88.5 Å². The Morgan fingerprint density at radius 2 is 1.87 bits per heavy atom. The van der Waals surface area contributed by atoms with Gasteiger partial charge in [-0.05, 0) is 18.2 Å². The summed E-state index contributed by atoms with van der Waals surface area (Å²) in [5, 5.41) is 0.608. The lowest BCUT2D eigenvalue weighted by Crippen LogP contribution is -2.06. The van der Waals surface area contributed by atoms with Crippen molar-refractivity contribution in [1.29, 1.82) is 0 Å². The molecule has 0 fully saturated rings. The van der Waals surface area contributed by atoms with Crippen molar-refractivity contribution >= 4 is 20.0 Å². The van der Waals surface area contributed by atoms with Gasteiger partial charge in [-0.15, -0.1) is 0 Å². The monoisotopic (exact) mass is 247 g/mol. The highest BCUT2D eigenvalue weighted by molar-refractivity contribution is 7.95. The Bertz CT molecular complexity index is 583. The summed E-state index contributed by atoms with van der Waals surface area (Å²) in [6, 6.07) is 5.50. The zero-order valence-corrected chi connectivity index (χ0v) is 9.05. The first-order valence-electron chi connectivity index (χ1n) is 3.64. The Morgan fingerprint density at radius 3 is 2.33 bits per heavy atom. The lowest BCUT2D eigenvalue weighted by atomic mass is 10.4.